The number of hydrogen-bond acceptors (Lipinski definition) is 1. The fourth-order valence-electron chi connectivity index (χ4n) is 0.274. The highest BCUT2D eigenvalue weighted by molar-refractivity contribution is 5.83. The highest BCUT2D eigenvalue weighted by atomic mass is 19.1. The molecule has 0 atom stereocenters. The molecule has 0 spiro atoms. The zero-order chi connectivity index (χ0) is 7.28. The minimum absolute atomic E-state index is 0.248. The van der Waals surface area contributed by atoms with Crippen molar-refractivity contribution in [3.63, 3.8) is 0 Å². The number of aliphatic carboxylic acids is 1. The molecule has 0 aliphatic rings. The first kappa shape index (κ1) is 7.88. The summed E-state index contributed by atoms with van der Waals surface area (Å²) in [5, 5.41) is 7.93. The molecule has 0 aromatic heterocycles. The Labute approximate surface area is 52.3 Å². The Morgan fingerprint density at radius 3 is 2.67 bits per heavy atom. The van der Waals surface area contributed by atoms with E-state index in [0.717, 1.165) is 6.08 Å². The lowest BCUT2D eigenvalue weighted by Gasteiger charge is -1.83. The Balaban J connectivity index is 3.83. The van der Waals surface area contributed by atoms with Gasteiger partial charge in [0.2, 0.25) is 5.83 Å². The summed E-state index contributed by atoms with van der Waals surface area (Å²) in [5.41, 5.74) is 0. The van der Waals surface area contributed by atoms with Crippen molar-refractivity contribution in [1.82, 2.24) is 0 Å². The second kappa shape index (κ2) is 3.83. The molecule has 0 radical (unpaired) electrons. The average Bonchev–Trinajstić information content (AvgIpc) is 1.82. The first-order valence-electron chi connectivity index (χ1n) is 2.38. The molecule has 0 aliphatic heterocycles. The molecule has 0 fully saturated rings. The van der Waals surface area contributed by atoms with Crippen LogP contribution in [0.25, 0.3) is 0 Å². The zero-order valence-corrected chi connectivity index (χ0v) is 4.80. The van der Waals surface area contributed by atoms with E-state index in [4.69, 9.17) is 5.11 Å². The summed E-state index contributed by atoms with van der Waals surface area (Å²) in [6.07, 6.45) is 2.62. The van der Waals surface area contributed by atoms with Crippen LogP contribution in [0.3, 0.4) is 0 Å². The van der Waals surface area contributed by atoms with Crippen LogP contribution < -0.4 is 0 Å². The maximum absolute atomic E-state index is 11.9. The van der Waals surface area contributed by atoms with Gasteiger partial charge in [-0.25, -0.2) is 4.79 Å². The van der Waals surface area contributed by atoms with Crippen LogP contribution in [0.1, 0.15) is 6.42 Å². The van der Waals surface area contributed by atoms with Crippen LogP contribution >= 0.6 is 0 Å². The molecule has 3 heteroatoms. The van der Waals surface area contributed by atoms with Gasteiger partial charge < -0.3 is 5.11 Å². The molecule has 0 rings (SSSR count). The van der Waals surface area contributed by atoms with Gasteiger partial charge in [0.05, 0.1) is 0 Å². The number of hydrogen-bond donors (Lipinski definition) is 1. The number of carboxylic acid groups (broad SMARTS) is 1. The van der Waals surface area contributed by atoms with Crippen LogP contribution in [-0.4, -0.2) is 11.1 Å². The van der Waals surface area contributed by atoms with Crippen molar-refractivity contribution in [3.05, 3.63) is 24.6 Å². The molecule has 0 amide bonds. The van der Waals surface area contributed by atoms with Gasteiger partial charge in [0, 0.05) is 0 Å². The molecule has 0 heterocycles. The van der Waals surface area contributed by atoms with Crippen molar-refractivity contribution >= 4 is 5.97 Å². The first-order chi connectivity index (χ1) is 4.18. The SMILES string of the molecule is C=CCC=C(F)C(=O)O. The van der Waals surface area contributed by atoms with Crippen LogP contribution in [0, 0.1) is 0 Å². The quantitative estimate of drug-likeness (QED) is 0.464. The van der Waals surface area contributed by atoms with E-state index in [-0.39, 0.29) is 6.42 Å². The van der Waals surface area contributed by atoms with Crippen LogP contribution in [0.2, 0.25) is 0 Å². The molecule has 0 unspecified atom stereocenters. The van der Waals surface area contributed by atoms with Gasteiger partial charge in [-0.3, -0.25) is 0 Å². The third-order valence-electron chi connectivity index (χ3n) is 0.668. The minimum Gasteiger partial charge on any atom is -0.476 e. The van der Waals surface area contributed by atoms with Crippen LogP contribution in [-0.2, 0) is 4.79 Å². The van der Waals surface area contributed by atoms with Crippen LogP contribution in [0.5, 0.6) is 0 Å². The van der Waals surface area contributed by atoms with Gasteiger partial charge in [-0.1, -0.05) is 6.08 Å². The second-order valence-corrected chi connectivity index (χ2v) is 1.38. The Hall–Kier alpha value is -1.12. The highest BCUT2D eigenvalue weighted by Crippen LogP contribution is 1.97. The summed E-state index contributed by atoms with van der Waals surface area (Å²) in [7, 11) is 0. The molecule has 0 aromatic rings. The topological polar surface area (TPSA) is 37.3 Å². The van der Waals surface area contributed by atoms with Gasteiger partial charge in [0.15, 0.2) is 0 Å². The number of halogens is 1. The Morgan fingerprint density at radius 2 is 2.33 bits per heavy atom. The molecule has 9 heavy (non-hydrogen) atoms. The summed E-state index contributed by atoms with van der Waals surface area (Å²) in [5.74, 6) is -2.66. The standard InChI is InChI=1S/C6H7FO2/c1-2-3-4-5(7)6(8)9/h2,4H,1,3H2,(H,8,9). The Morgan fingerprint density at radius 1 is 1.78 bits per heavy atom. The van der Waals surface area contributed by atoms with Gasteiger partial charge in [-0.15, -0.1) is 6.58 Å². The fraction of sp³-hybridized carbons (Fsp3) is 0.167. The number of allylic oxidation sites excluding steroid dienone is 2. The van der Waals surface area contributed by atoms with Gasteiger partial charge in [-0.05, 0) is 12.5 Å². The zero-order valence-electron chi connectivity index (χ0n) is 4.80. The lowest BCUT2D eigenvalue weighted by atomic mass is 10.3. The van der Waals surface area contributed by atoms with E-state index in [0.29, 0.717) is 0 Å². The largest absolute Gasteiger partial charge is 0.476 e. The van der Waals surface area contributed by atoms with Crippen molar-refractivity contribution in [3.8, 4) is 0 Å². The summed E-state index contributed by atoms with van der Waals surface area (Å²) >= 11 is 0. The minimum atomic E-state index is -1.53. The van der Waals surface area contributed by atoms with Crippen LogP contribution in [0.4, 0.5) is 4.39 Å². The van der Waals surface area contributed by atoms with Crippen molar-refractivity contribution in [2.75, 3.05) is 0 Å². The second-order valence-electron chi connectivity index (χ2n) is 1.38. The molecule has 1 N–H and O–H groups in total. The maximum Gasteiger partial charge on any atom is 0.364 e. The lowest BCUT2D eigenvalue weighted by molar-refractivity contribution is -0.134. The predicted octanol–water partition coefficient (Wildman–Crippen LogP) is 1.50. The fourth-order valence-corrected chi connectivity index (χ4v) is 0.274. The molecular formula is C6H7FO2. The van der Waals surface area contributed by atoms with Gasteiger partial charge >= 0.3 is 5.97 Å². The van der Waals surface area contributed by atoms with E-state index in [1.165, 1.54) is 6.08 Å². The smallest absolute Gasteiger partial charge is 0.364 e. The van der Waals surface area contributed by atoms with E-state index in [1.54, 1.807) is 0 Å². The molecule has 0 saturated heterocycles. The Kier molecular flexibility index (Phi) is 3.35. The first-order valence-corrected chi connectivity index (χ1v) is 2.38. The van der Waals surface area contributed by atoms with Crippen molar-refractivity contribution in [2.45, 2.75) is 6.42 Å². The van der Waals surface area contributed by atoms with Crippen molar-refractivity contribution < 1.29 is 14.3 Å². The average molecular weight is 130 g/mol. The molecule has 0 aliphatic carbocycles. The molecule has 0 saturated carbocycles. The number of carbonyl (C=O) groups is 1. The van der Waals surface area contributed by atoms with Gasteiger partial charge in [-0.2, -0.15) is 4.39 Å². The monoisotopic (exact) mass is 130 g/mol. The molecule has 50 valence electrons. The summed E-state index contributed by atoms with van der Waals surface area (Å²) in [4.78, 5) is 9.73. The van der Waals surface area contributed by atoms with Crippen LogP contribution in [0.15, 0.2) is 24.6 Å². The van der Waals surface area contributed by atoms with E-state index < -0.39 is 11.8 Å². The summed E-state index contributed by atoms with van der Waals surface area (Å²) < 4.78 is 11.9. The van der Waals surface area contributed by atoms with Gasteiger partial charge in [0.1, 0.15) is 0 Å². The van der Waals surface area contributed by atoms with E-state index >= 15 is 0 Å². The maximum atomic E-state index is 11.9. The Bertz CT molecular complexity index is 149. The number of rotatable bonds is 3. The molecule has 0 bridgehead atoms. The van der Waals surface area contributed by atoms with Gasteiger partial charge in [0.25, 0.3) is 0 Å². The predicted molar refractivity (Wildman–Crippen MR) is 31.6 cm³/mol. The molecular weight excluding hydrogens is 123 g/mol. The third kappa shape index (κ3) is 3.46. The number of carboxylic acids is 1. The molecule has 0 aromatic carbocycles. The normalized spacial score (nSPS) is 11.0. The highest BCUT2D eigenvalue weighted by Gasteiger charge is 2.01. The molecule has 2 nitrogen and oxygen atoms in total. The van der Waals surface area contributed by atoms with E-state index in [2.05, 4.69) is 6.58 Å². The summed E-state index contributed by atoms with van der Waals surface area (Å²) in [6.45, 7) is 3.29. The van der Waals surface area contributed by atoms with Crippen molar-refractivity contribution in [1.29, 1.82) is 0 Å². The lowest BCUT2D eigenvalue weighted by Crippen LogP contribution is -1.93. The van der Waals surface area contributed by atoms with E-state index in [1.807, 2.05) is 0 Å². The third-order valence-corrected chi connectivity index (χ3v) is 0.668. The van der Waals surface area contributed by atoms with E-state index in [9.17, 15) is 9.18 Å². The summed E-state index contributed by atoms with van der Waals surface area (Å²) in [6, 6.07) is 0. The van der Waals surface area contributed by atoms with Crippen molar-refractivity contribution in [2.24, 2.45) is 0 Å².